The standard InChI is InChI=1S/C23H18FN3O2/c24-19-5-3-4-17(13-19)15-27-11-10-18-12-16(8-9-21(18)27)14-25-26-23(29)20-6-1-2-7-22(20)28/h1-14,28H,15H2,(H,26,29)/b25-14+. The Balaban J connectivity index is 1.47. The first-order valence-electron chi connectivity index (χ1n) is 9.05. The Morgan fingerprint density at radius 1 is 1.07 bits per heavy atom. The zero-order valence-electron chi connectivity index (χ0n) is 15.4. The highest BCUT2D eigenvalue weighted by Crippen LogP contribution is 2.19. The normalized spacial score (nSPS) is 11.2. The van der Waals surface area contributed by atoms with Crippen LogP contribution in [0.1, 0.15) is 21.5 Å². The number of amides is 1. The average molecular weight is 387 g/mol. The summed E-state index contributed by atoms with van der Waals surface area (Å²) < 4.78 is 15.4. The van der Waals surface area contributed by atoms with Crippen molar-refractivity contribution < 1.29 is 14.3 Å². The van der Waals surface area contributed by atoms with E-state index in [0.717, 1.165) is 22.0 Å². The molecule has 0 aliphatic heterocycles. The van der Waals surface area contributed by atoms with E-state index in [4.69, 9.17) is 0 Å². The quantitative estimate of drug-likeness (QED) is 0.396. The van der Waals surface area contributed by atoms with E-state index < -0.39 is 5.91 Å². The number of hydrogen-bond acceptors (Lipinski definition) is 3. The summed E-state index contributed by atoms with van der Waals surface area (Å²) in [6.45, 7) is 0.575. The van der Waals surface area contributed by atoms with Crippen LogP contribution in [-0.2, 0) is 6.54 Å². The van der Waals surface area contributed by atoms with Crippen LogP contribution in [0.25, 0.3) is 10.9 Å². The highest BCUT2D eigenvalue weighted by Gasteiger charge is 2.08. The zero-order chi connectivity index (χ0) is 20.2. The summed E-state index contributed by atoms with van der Waals surface area (Å²) in [5.74, 6) is -0.828. The van der Waals surface area contributed by atoms with Gasteiger partial charge < -0.3 is 9.67 Å². The number of halogens is 1. The minimum Gasteiger partial charge on any atom is -0.507 e. The molecule has 4 aromatic rings. The molecule has 144 valence electrons. The minimum absolute atomic E-state index is 0.0961. The fraction of sp³-hybridized carbons (Fsp3) is 0.0435. The summed E-state index contributed by atoms with van der Waals surface area (Å²) in [5.41, 5.74) is 5.30. The van der Waals surface area contributed by atoms with Crippen molar-refractivity contribution in [3.63, 3.8) is 0 Å². The summed E-state index contributed by atoms with van der Waals surface area (Å²) in [6.07, 6.45) is 3.50. The summed E-state index contributed by atoms with van der Waals surface area (Å²) in [4.78, 5) is 12.1. The number of carbonyl (C=O) groups excluding carboxylic acids is 1. The van der Waals surface area contributed by atoms with Gasteiger partial charge in [0.25, 0.3) is 5.91 Å². The molecule has 0 aliphatic carbocycles. The molecule has 1 aromatic heterocycles. The van der Waals surface area contributed by atoms with E-state index in [1.165, 1.54) is 24.3 Å². The molecule has 1 heterocycles. The molecule has 0 unspecified atom stereocenters. The van der Waals surface area contributed by atoms with Gasteiger partial charge in [0, 0.05) is 23.6 Å². The highest BCUT2D eigenvalue weighted by molar-refractivity contribution is 5.97. The molecule has 0 fully saturated rings. The number of phenolic OH excluding ortho intramolecular Hbond substituents is 1. The van der Waals surface area contributed by atoms with E-state index in [-0.39, 0.29) is 17.1 Å². The molecule has 0 saturated heterocycles. The second-order valence-electron chi connectivity index (χ2n) is 6.61. The molecule has 1 amide bonds. The third-order valence-corrected chi connectivity index (χ3v) is 4.57. The molecule has 5 nitrogen and oxygen atoms in total. The molecule has 0 atom stereocenters. The molecule has 0 spiro atoms. The second-order valence-corrected chi connectivity index (χ2v) is 6.61. The fourth-order valence-electron chi connectivity index (χ4n) is 3.16. The molecule has 2 N–H and O–H groups in total. The lowest BCUT2D eigenvalue weighted by atomic mass is 10.1. The van der Waals surface area contributed by atoms with Gasteiger partial charge in [-0.15, -0.1) is 0 Å². The predicted molar refractivity (Wildman–Crippen MR) is 111 cm³/mol. The number of aromatic nitrogens is 1. The van der Waals surface area contributed by atoms with Crippen LogP contribution in [0.2, 0.25) is 0 Å². The lowest BCUT2D eigenvalue weighted by Gasteiger charge is -2.06. The van der Waals surface area contributed by atoms with E-state index in [0.29, 0.717) is 6.54 Å². The van der Waals surface area contributed by atoms with Gasteiger partial charge in [0.1, 0.15) is 11.6 Å². The Morgan fingerprint density at radius 3 is 2.76 bits per heavy atom. The van der Waals surface area contributed by atoms with Crippen LogP contribution in [0.4, 0.5) is 4.39 Å². The van der Waals surface area contributed by atoms with Crippen LogP contribution in [0.15, 0.2) is 84.1 Å². The Kier molecular flexibility index (Phi) is 5.07. The van der Waals surface area contributed by atoms with Crippen molar-refractivity contribution in [2.75, 3.05) is 0 Å². The number of rotatable bonds is 5. The predicted octanol–water partition coefficient (Wildman–Crippen LogP) is 4.30. The molecule has 0 bridgehead atoms. The smallest absolute Gasteiger partial charge is 0.275 e. The Morgan fingerprint density at radius 2 is 1.93 bits per heavy atom. The molecule has 4 rings (SSSR count). The van der Waals surface area contributed by atoms with E-state index in [2.05, 4.69) is 10.5 Å². The Bertz CT molecular complexity index is 1210. The van der Waals surface area contributed by atoms with Crippen molar-refractivity contribution in [2.45, 2.75) is 6.54 Å². The van der Waals surface area contributed by atoms with Crippen molar-refractivity contribution in [3.8, 4) is 5.75 Å². The molecule has 0 aliphatic rings. The largest absolute Gasteiger partial charge is 0.507 e. The Hall–Kier alpha value is -3.93. The first-order chi connectivity index (χ1) is 14.1. The van der Waals surface area contributed by atoms with Gasteiger partial charge in [-0.3, -0.25) is 4.79 Å². The molecule has 3 aromatic carbocycles. The van der Waals surface area contributed by atoms with Crippen LogP contribution < -0.4 is 5.43 Å². The number of aromatic hydroxyl groups is 1. The molecule has 0 radical (unpaired) electrons. The van der Waals surface area contributed by atoms with Crippen molar-refractivity contribution in [1.82, 2.24) is 9.99 Å². The van der Waals surface area contributed by atoms with Crippen LogP contribution in [-0.4, -0.2) is 21.8 Å². The van der Waals surface area contributed by atoms with Gasteiger partial charge in [0.15, 0.2) is 0 Å². The summed E-state index contributed by atoms with van der Waals surface area (Å²) >= 11 is 0. The van der Waals surface area contributed by atoms with Crippen LogP contribution >= 0.6 is 0 Å². The van der Waals surface area contributed by atoms with Gasteiger partial charge >= 0.3 is 0 Å². The van der Waals surface area contributed by atoms with Crippen LogP contribution in [0, 0.1) is 5.82 Å². The first kappa shape index (κ1) is 18.4. The van der Waals surface area contributed by atoms with Crippen LogP contribution in [0.3, 0.4) is 0 Å². The van der Waals surface area contributed by atoms with Crippen molar-refractivity contribution >= 4 is 23.0 Å². The van der Waals surface area contributed by atoms with Gasteiger partial charge in [-0.1, -0.05) is 30.3 Å². The Labute approximate surface area is 166 Å². The second kappa shape index (κ2) is 7.98. The number of nitrogens with one attached hydrogen (secondary N) is 1. The lowest BCUT2D eigenvalue weighted by Crippen LogP contribution is -2.17. The molecule has 6 heteroatoms. The number of carbonyl (C=O) groups is 1. The number of hydrazone groups is 1. The number of fused-ring (bicyclic) bond motifs is 1. The molecule has 0 saturated carbocycles. The molecular weight excluding hydrogens is 369 g/mol. The summed E-state index contributed by atoms with van der Waals surface area (Å²) in [6, 6.07) is 20.6. The number of phenols is 1. The maximum absolute atomic E-state index is 13.4. The lowest BCUT2D eigenvalue weighted by molar-refractivity contribution is 0.0952. The summed E-state index contributed by atoms with van der Waals surface area (Å²) in [7, 11) is 0. The van der Waals surface area contributed by atoms with E-state index in [1.807, 2.05) is 41.1 Å². The fourth-order valence-corrected chi connectivity index (χ4v) is 3.16. The zero-order valence-corrected chi connectivity index (χ0v) is 15.4. The SMILES string of the molecule is O=C(N/N=C/c1ccc2c(ccn2Cc2cccc(F)c2)c1)c1ccccc1O. The van der Waals surface area contributed by atoms with Gasteiger partial charge in [0.2, 0.25) is 0 Å². The minimum atomic E-state index is -0.485. The monoisotopic (exact) mass is 387 g/mol. The van der Waals surface area contributed by atoms with E-state index in [1.54, 1.807) is 24.4 Å². The average Bonchev–Trinajstić information content (AvgIpc) is 3.10. The van der Waals surface area contributed by atoms with Gasteiger partial charge in [-0.05, 0) is 53.6 Å². The topological polar surface area (TPSA) is 66.6 Å². The summed E-state index contributed by atoms with van der Waals surface area (Å²) in [5, 5.41) is 14.7. The van der Waals surface area contributed by atoms with Crippen LogP contribution in [0.5, 0.6) is 5.75 Å². The van der Waals surface area contributed by atoms with E-state index >= 15 is 0 Å². The van der Waals surface area contributed by atoms with Gasteiger partial charge in [-0.25, -0.2) is 9.82 Å². The van der Waals surface area contributed by atoms with Gasteiger partial charge in [-0.2, -0.15) is 5.10 Å². The number of benzene rings is 3. The van der Waals surface area contributed by atoms with E-state index in [9.17, 15) is 14.3 Å². The molecular formula is C23H18FN3O2. The van der Waals surface area contributed by atoms with Crippen molar-refractivity contribution in [1.29, 1.82) is 0 Å². The van der Waals surface area contributed by atoms with Crippen molar-refractivity contribution in [2.24, 2.45) is 5.10 Å². The first-order valence-corrected chi connectivity index (χ1v) is 9.05. The maximum atomic E-state index is 13.4. The third kappa shape index (κ3) is 4.16. The maximum Gasteiger partial charge on any atom is 0.275 e. The number of para-hydroxylation sites is 1. The third-order valence-electron chi connectivity index (χ3n) is 4.57. The van der Waals surface area contributed by atoms with Gasteiger partial charge in [0.05, 0.1) is 11.8 Å². The number of nitrogens with zero attached hydrogens (tertiary/aromatic N) is 2. The van der Waals surface area contributed by atoms with Crippen molar-refractivity contribution in [3.05, 3.63) is 102 Å². The molecule has 29 heavy (non-hydrogen) atoms. The number of hydrogen-bond donors (Lipinski definition) is 2. The highest BCUT2D eigenvalue weighted by atomic mass is 19.1.